The third-order valence-corrected chi connectivity index (χ3v) is 4.13. The second-order valence-corrected chi connectivity index (χ2v) is 5.55. The van der Waals surface area contributed by atoms with Crippen LogP contribution >= 0.6 is 11.8 Å². The monoisotopic (exact) mass is 300 g/mol. The molecule has 0 unspecified atom stereocenters. The SMILES string of the molecule is CN1C(=O)SC(=Cc2cccn2-c2ccc(O)cc2)C1=O. The number of amides is 2. The predicted octanol–water partition coefficient (Wildman–Crippen LogP) is 2.85. The van der Waals surface area contributed by atoms with Gasteiger partial charge in [0.15, 0.2) is 0 Å². The minimum absolute atomic E-state index is 0.194. The smallest absolute Gasteiger partial charge is 0.293 e. The van der Waals surface area contributed by atoms with Gasteiger partial charge in [-0.25, -0.2) is 0 Å². The van der Waals surface area contributed by atoms with E-state index in [0.29, 0.717) is 4.91 Å². The first kappa shape index (κ1) is 13.5. The zero-order valence-electron chi connectivity index (χ0n) is 11.2. The Morgan fingerprint density at radius 3 is 2.48 bits per heavy atom. The van der Waals surface area contributed by atoms with Crippen LogP contribution in [-0.4, -0.2) is 32.8 Å². The van der Waals surface area contributed by atoms with Crippen LogP contribution in [0.2, 0.25) is 0 Å². The molecule has 21 heavy (non-hydrogen) atoms. The normalized spacial score (nSPS) is 17.0. The molecular weight excluding hydrogens is 288 g/mol. The van der Waals surface area contributed by atoms with Gasteiger partial charge in [-0.15, -0.1) is 0 Å². The number of carbonyl (C=O) groups is 2. The van der Waals surface area contributed by atoms with Gasteiger partial charge in [-0.3, -0.25) is 14.5 Å². The highest BCUT2D eigenvalue weighted by atomic mass is 32.2. The number of hydrogen-bond acceptors (Lipinski definition) is 4. The minimum Gasteiger partial charge on any atom is -0.508 e. The zero-order chi connectivity index (χ0) is 15.0. The van der Waals surface area contributed by atoms with Crippen LogP contribution in [-0.2, 0) is 4.79 Å². The number of aromatic hydroxyl groups is 1. The van der Waals surface area contributed by atoms with Crippen LogP contribution in [0.4, 0.5) is 4.79 Å². The van der Waals surface area contributed by atoms with Crippen LogP contribution in [0.25, 0.3) is 11.8 Å². The van der Waals surface area contributed by atoms with E-state index >= 15 is 0 Å². The first-order chi connectivity index (χ1) is 10.1. The average molecular weight is 300 g/mol. The Morgan fingerprint density at radius 2 is 1.86 bits per heavy atom. The van der Waals surface area contributed by atoms with E-state index < -0.39 is 0 Å². The lowest BCUT2D eigenvalue weighted by Crippen LogP contribution is -2.22. The molecular formula is C15H12N2O3S. The predicted molar refractivity (Wildman–Crippen MR) is 81.2 cm³/mol. The molecule has 0 saturated carbocycles. The minimum atomic E-state index is -0.288. The molecule has 1 aromatic heterocycles. The number of aromatic nitrogens is 1. The van der Waals surface area contributed by atoms with E-state index in [1.807, 2.05) is 22.9 Å². The molecule has 1 aliphatic rings. The molecule has 1 aliphatic heterocycles. The van der Waals surface area contributed by atoms with Crippen molar-refractivity contribution < 1.29 is 14.7 Å². The molecule has 2 heterocycles. The summed E-state index contributed by atoms with van der Waals surface area (Å²) in [5.74, 6) is -0.0944. The molecule has 6 heteroatoms. The lowest BCUT2D eigenvalue weighted by Gasteiger charge is -2.07. The van der Waals surface area contributed by atoms with Crippen molar-refractivity contribution in [3.8, 4) is 11.4 Å². The Kier molecular flexibility index (Phi) is 3.31. The fraction of sp³-hybridized carbons (Fsp3) is 0.0667. The summed E-state index contributed by atoms with van der Waals surface area (Å²) in [6.45, 7) is 0. The van der Waals surface area contributed by atoms with Crippen LogP contribution in [0.15, 0.2) is 47.5 Å². The fourth-order valence-corrected chi connectivity index (χ4v) is 2.85. The summed E-state index contributed by atoms with van der Waals surface area (Å²) in [7, 11) is 1.47. The van der Waals surface area contributed by atoms with Gasteiger partial charge in [0, 0.05) is 24.6 Å². The van der Waals surface area contributed by atoms with Gasteiger partial charge in [0.25, 0.3) is 11.1 Å². The number of imide groups is 1. The van der Waals surface area contributed by atoms with Gasteiger partial charge in [-0.05, 0) is 54.2 Å². The van der Waals surface area contributed by atoms with Gasteiger partial charge in [-0.1, -0.05) is 0 Å². The molecule has 0 atom stereocenters. The molecule has 106 valence electrons. The zero-order valence-corrected chi connectivity index (χ0v) is 12.0. The molecule has 0 spiro atoms. The molecule has 1 N–H and O–H groups in total. The van der Waals surface area contributed by atoms with Crippen molar-refractivity contribution in [2.24, 2.45) is 0 Å². The number of rotatable bonds is 2. The topological polar surface area (TPSA) is 62.5 Å². The Morgan fingerprint density at radius 1 is 1.14 bits per heavy atom. The Labute approximate surface area is 125 Å². The van der Waals surface area contributed by atoms with Crippen LogP contribution in [0.3, 0.4) is 0 Å². The highest BCUT2D eigenvalue weighted by Gasteiger charge is 2.31. The number of benzene rings is 1. The molecule has 3 rings (SSSR count). The number of nitrogens with zero attached hydrogens (tertiary/aromatic N) is 2. The van der Waals surface area contributed by atoms with Crippen molar-refractivity contribution in [2.75, 3.05) is 7.05 Å². The molecule has 5 nitrogen and oxygen atoms in total. The first-order valence-electron chi connectivity index (χ1n) is 6.24. The van der Waals surface area contributed by atoms with Gasteiger partial charge in [-0.2, -0.15) is 0 Å². The summed E-state index contributed by atoms with van der Waals surface area (Å²) in [6.07, 6.45) is 3.55. The van der Waals surface area contributed by atoms with E-state index in [1.54, 1.807) is 30.3 Å². The number of hydrogen-bond donors (Lipinski definition) is 1. The summed E-state index contributed by atoms with van der Waals surface area (Å²) in [5.41, 5.74) is 1.65. The van der Waals surface area contributed by atoms with E-state index in [9.17, 15) is 14.7 Å². The standard InChI is InChI=1S/C15H12N2O3S/c1-16-14(19)13(21-15(16)20)9-11-3-2-8-17(11)10-4-6-12(18)7-5-10/h2-9,18H,1H3. The number of phenols is 1. The third kappa shape index (κ3) is 2.45. The van der Waals surface area contributed by atoms with Crippen molar-refractivity contribution in [1.82, 2.24) is 9.47 Å². The van der Waals surface area contributed by atoms with Gasteiger partial charge in [0.2, 0.25) is 0 Å². The number of thioether (sulfide) groups is 1. The largest absolute Gasteiger partial charge is 0.508 e. The maximum Gasteiger partial charge on any atom is 0.293 e. The maximum atomic E-state index is 11.9. The summed E-state index contributed by atoms with van der Waals surface area (Å²) in [5, 5.41) is 9.06. The van der Waals surface area contributed by atoms with Gasteiger partial charge in [0.05, 0.1) is 4.91 Å². The second-order valence-electron chi connectivity index (χ2n) is 4.56. The van der Waals surface area contributed by atoms with E-state index in [-0.39, 0.29) is 16.9 Å². The van der Waals surface area contributed by atoms with Gasteiger partial charge >= 0.3 is 0 Å². The first-order valence-corrected chi connectivity index (χ1v) is 7.06. The third-order valence-electron chi connectivity index (χ3n) is 3.17. The van der Waals surface area contributed by atoms with E-state index in [0.717, 1.165) is 28.0 Å². The molecule has 0 bridgehead atoms. The lowest BCUT2D eigenvalue weighted by molar-refractivity contribution is -0.121. The highest BCUT2D eigenvalue weighted by Crippen LogP contribution is 2.31. The molecule has 1 aromatic carbocycles. The van der Waals surface area contributed by atoms with E-state index in [2.05, 4.69) is 0 Å². The molecule has 0 aliphatic carbocycles. The van der Waals surface area contributed by atoms with Crippen LogP contribution in [0.5, 0.6) is 5.75 Å². The van der Waals surface area contributed by atoms with E-state index in [4.69, 9.17) is 0 Å². The quantitative estimate of drug-likeness (QED) is 0.866. The maximum absolute atomic E-state index is 11.9. The van der Waals surface area contributed by atoms with Crippen LogP contribution < -0.4 is 0 Å². The molecule has 2 aromatic rings. The number of likely N-dealkylation sites (N-methyl/N-ethyl adjacent to an activating group) is 1. The van der Waals surface area contributed by atoms with Crippen molar-refractivity contribution in [3.05, 3.63) is 53.2 Å². The molecule has 2 amide bonds. The van der Waals surface area contributed by atoms with Crippen molar-refractivity contribution in [1.29, 1.82) is 0 Å². The number of carbonyl (C=O) groups excluding carboxylic acids is 2. The summed E-state index contributed by atoms with van der Waals surface area (Å²) < 4.78 is 1.88. The molecule has 1 fully saturated rings. The Bertz CT molecular complexity index is 747. The van der Waals surface area contributed by atoms with E-state index in [1.165, 1.54) is 7.05 Å². The summed E-state index contributed by atoms with van der Waals surface area (Å²) in [4.78, 5) is 24.9. The number of phenolic OH excluding ortho intramolecular Hbond substituents is 1. The van der Waals surface area contributed by atoms with Gasteiger partial charge in [0.1, 0.15) is 5.75 Å². The summed E-state index contributed by atoms with van der Waals surface area (Å²) in [6, 6.07) is 10.5. The Hall–Kier alpha value is -2.47. The van der Waals surface area contributed by atoms with Crippen molar-refractivity contribution >= 4 is 29.0 Å². The summed E-state index contributed by atoms with van der Waals surface area (Å²) >= 11 is 0.932. The molecule has 0 radical (unpaired) electrons. The lowest BCUT2D eigenvalue weighted by atomic mass is 10.3. The van der Waals surface area contributed by atoms with Crippen LogP contribution in [0.1, 0.15) is 5.69 Å². The second kappa shape index (κ2) is 5.14. The van der Waals surface area contributed by atoms with Gasteiger partial charge < -0.3 is 9.67 Å². The Balaban J connectivity index is 1.99. The van der Waals surface area contributed by atoms with Crippen LogP contribution in [0, 0.1) is 0 Å². The fourth-order valence-electron chi connectivity index (χ4n) is 2.04. The van der Waals surface area contributed by atoms with Crippen molar-refractivity contribution in [3.63, 3.8) is 0 Å². The molecule has 1 saturated heterocycles. The van der Waals surface area contributed by atoms with Crippen molar-refractivity contribution in [2.45, 2.75) is 0 Å². The average Bonchev–Trinajstić information content (AvgIpc) is 3.02. The highest BCUT2D eigenvalue weighted by molar-refractivity contribution is 8.18.